The Hall–Kier alpha value is -2.67. The number of carbonyl (C=O) groups is 1. The average Bonchev–Trinajstić information content (AvgIpc) is 3.27. The number of carbonyl (C=O) groups excluding carboxylic acids is 1. The molecule has 0 saturated heterocycles. The van der Waals surface area contributed by atoms with Gasteiger partial charge in [0, 0.05) is 43.0 Å². The first-order valence-electron chi connectivity index (χ1n) is 8.70. The number of hydrogen-bond donors (Lipinski definition) is 0. The molecule has 27 heavy (non-hydrogen) atoms. The van der Waals surface area contributed by atoms with Crippen LogP contribution >= 0.6 is 11.3 Å². The Balaban J connectivity index is 1.61. The van der Waals surface area contributed by atoms with Gasteiger partial charge in [0.15, 0.2) is 0 Å². The predicted molar refractivity (Wildman–Crippen MR) is 103 cm³/mol. The van der Waals surface area contributed by atoms with E-state index in [9.17, 15) is 9.18 Å². The summed E-state index contributed by atoms with van der Waals surface area (Å²) in [7, 11) is 1.79. The second-order valence-corrected chi connectivity index (χ2v) is 7.21. The topological polar surface area (TPSA) is 47.4 Å². The first kappa shape index (κ1) is 19.1. The minimum atomic E-state index is -0.336. The summed E-state index contributed by atoms with van der Waals surface area (Å²) in [6, 6.07) is 7.84. The van der Waals surface area contributed by atoms with Gasteiger partial charge in [0.1, 0.15) is 18.2 Å². The van der Waals surface area contributed by atoms with Crippen LogP contribution in [-0.2, 0) is 19.7 Å². The summed E-state index contributed by atoms with van der Waals surface area (Å²) >= 11 is 1.38. The Morgan fingerprint density at radius 2 is 2.19 bits per heavy atom. The summed E-state index contributed by atoms with van der Waals surface area (Å²) in [5.41, 5.74) is 3.00. The zero-order valence-corrected chi connectivity index (χ0v) is 16.4. The molecule has 1 aromatic carbocycles. The first-order chi connectivity index (χ1) is 13.0. The van der Waals surface area contributed by atoms with E-state index in [-0.39, 0.29) is 11.7 Å². The molecule has 0 spiro atoms. The summed E-state index contributed by atoms with van der Waals surface area (Å²) in [5, 5.41) is 6.21. The summed E-state index contributed by atoms with van der Waals surface area (Å²) in [4.78, 5) is 15.0. The van der Waals surface area contributed by atoms with Crippen molar-refractivity contribution >= 4 is 17.2 Å². The molecule has 0 atom stereocenters. The molecule has 0 N–H and O–H groups in total. The number of hydrogen-bond acceptors (Lipinski definition) is 4. The normalized spacial score (nSPS) is 10.8. The Bertz CT molecular complexity index is 935. The fourth-order valence-corrected chi connectivity index (χ4v) is 3.65. The molecular formula is C20H22FN3O2S. The molecule has 3 aromatic rings. The Kier molecular flexibility index (Phi) is 5.91. The third kappa shape index (κ3) is 4.54. The van der Waals surface area contributed by atoms with E-state index in [2.05, 4.69) is 5.10 Å². The maximum atomic E-state index is 13.2. The standard InChI is InChI=1S/C20H22FN3O2S/c1-4-24-14(2)16(10-22-24)11-23(3)20(25)19-8-15(13-27-19)12-26-18-7-5-6-17(21)9-18/h5-10,13H,4,11-12H2,1-3H3. The minimum absolute atomic E-state index is 0.0411. The van der Waals surface area contributed by atoms with Crippen LogP contribution in [0.3, 0.4) is 0 Å². The largest absolute Gasteiger partial charge is 0.489 e. The fourth-order valence-electron chi connectivity index (χ4n) is 2.76. The van der Waals surface area contributed by atoms with Crippen molar-refractivity contribution in [3.05, 3.63) is 69.4 Å². The number of rotatable bonds is 7. The molecule has 7 heteroatoms. The quantitative estimate of drug-likeness (QED) is 0.608. The number of benzene rings is 1. The number of halogens is 1. The smallest absolute Gasteiger partial charge is 0.263 e. The van der Waals surface area contributed by atoms with E-state index in [1.54, 1.807) is 24.1 Å². The van der Waals surface area contributed by atoms with Crippen LogP contribution < -0.4 is 4.74 Å². The van der Waals surface area contributed by atoms with Crippen molar-refractivity contribution < 1.29 is 13.9 Å². The van der Waals surface area contributed by atoms with Crippen LogP contribution in [0.4, 0.5) is 4.39 Å². The van der Waals surface area contributed by atoms with E-state index in [0.717, 1.165) is 23.4 Å². The Morgan fingerprint density at radius 1 is 1.37 bits per heavy atom. The SMILES string of the molecule is CCn1ncc(CN(C)C(=O)c2cc(COc3cccc(F)c3)cs2)c1C. The highest BCUT2D eigenvalue weighted by Gasteiger charge is 2.17. The summed E-state index contributed by atoms with van der Waals surface area (Å²) in [6.45, 7) is 5.66. The van der Waals surface area contributed by atoms with Gasteiger partial charge in [-0.05, 0) is 37.4 Å². The van der Waals surface area contributed by atoms with Crippen molar-refractivity contribution in [2.75, 3.05) is 7.05 Å². The van der Waals surface area contributed by atoms with Crippen molar-refractivity contribution in [2.45, 2.75) is 33.5 Å². The highest BCUT2D eigenvalue weighted by atomic mass is 32.1. The minimum Gasteiger partial charge on any atom is -0.489 e. The van der Waals surface area contributed by atoms with E-state index in [4.69, 9.17) is 4.74 Å². The third-order valence-corrected chi connectivity index (χ3v) is 5.29. The maximum Gasteiger partial charge on any atom is 0.263 e. The van der Waals surface area contributed by atoms with E-state index in [0.29, 0.717) is 23.8 Å². The number of aromatic nitrogens is 2. The van der Waals surface area contributed by atoms with Gasteiger partial charge in [0.25, 0.3) is 5.91 Å². The van der Waals surface area contributed by atoms with Gasteiger partial charge in [0.2, 0.25) is 0 Å². The molecule has 5 nitrogen and oxygen atoms in total. The molecule has 142 valence electrons. The van der Waals surface area contributed by atoms with Crippen LogP contribution in [0.25, 0.3) is 0 Å². The zero-order chi connectivity index (χ0) is 19.4. The monoisotopic (exact) mass is 387 g/mol. The molecule has 0 unspecified atom stereocenters. The van der Waals surface area contributed by atoms with E-state index in [1.807, 2.05) is 36.2 Å². The number of thiophene rings is 1. The average molecular weight is 387 g/mol. The van der Waals surface area contributed by atoms with Crippen LogP contribution in [-0.4, -0.2) is 27.6 Å². The fraction of sp³-hybridized carbons (Fsp3) is 0.300. The molecule has 2 heterocycles. The molecule has 1 amide bonds. The van der Waals surface area contributed by atoms with Crippen molar-refractivity contribution in [3.63, 3.8) is 0 Å². The summed E-state index contributed by atoms with van der Waals surface area (Å²) < 4.78 is 20.7. The van der Waals surface area contributed by atoms with Gasteiger partial charge in [-0.3, -0.25) is 9.48 Å². The van der Waals surface area contributed by atoms with Gasteiger partial charge < -0.3 is 9.64 Å². The number of ether oxygens (including phenoxy) is 1. The summed E-state index contributed by atoms with van der Waals surface area (Å²) in [5.74, 6) is 0.0901. The number of nitrogens with zero attached hydrogens (tertiary/aromatic N) is 3. The van der Waals surface area contributed by atoms with E-state index in [1.165, 1.54) is 23.5 Å². The molecule has 0 saturated carbocycles. The number of amides is 1. The highest BCUT2D eigenvalue weighted by molar-refractivity contribution is 7.12. The molecule has 3 rings (SSSR count). The van der Waals surface area contributed by atoms with E-state index >= 15 is 0 Å². The van der Waals surface area contributed by atoms with Crippen LogP contribution in [0.15, 0.2) is 41.9 Å². The third-order valence-electron chi connectivity index (χ3n) is 4.32. The van der Waals surface area contributed by atoms with Gasteiger partial charge in [-0.2, -0.15) is 5.10 Å². The van der Waals surface area contributed by atoms with Crippen molar-refractivity contribution in [2.24, 2.45) is 0 Å². The lowest BCUT2D eigenvalue weighted by Crippen LogP contribution is -2.25. The van der Waals surface area contributed by atoms with Gasteiger partial charge in [-0.25, -0.2) is 4.39 Å². The Morgan fingerprint density at radius 3 is 2.89 bits per heavy atom. The van der Waals surface area contributed by atoms with E-state index < -0.39 is 0 Å². The Labute approximate surface area is 162 Å². The lowest BCUT2D eigenvalue weighted by molar-refractivity contribution is 0.0789. The van der Waals surface area contributed by atoms with Crippen LogP contribution in [0.1, 0.15) is 33.4 Å². The van der Waals surface area contributed by atoms with Crippen molar-refractivity contribution in [1.82, 2.24) is 14.7 Å². The maximum absolute atomic E-state index is 13.2. The van der Waals surface area contributed by atoms with Crippen LogP contribution in [0.2, 0.25) is 0 Å². The molecule has 2 aromatic heterocycles. The van der Waals surface area contributed by atoms with Gasteiger partial charge in [-0.15, -0.1) is 11.3 Å². The second kappa shape index (κ2) is 8.35. The highest BCUT2D eigenvalue weighted by Crippen LogP contribution is 2.20. The molecule has 0 aliphatic carbocycles. The lowest BCUT2D eigenvalue weighted by atomic mass is 10.2. The number of aryl methyl sites for hydroxylation is 1. The summed E-state index contributed by atoms with van der Waals surface area (Å²) in [6.07, 6.45) is 1.81. The molecule has 0 fully saturated rings. The second-order valence-electron chi connectivity index (χ2n) is 6.30. The lowest BCUT2D eigenvalue weighted by Gasteiger charge is -2.16. The van der Waals surface area contributed by atoms with Gasteiger partial charge in [-0.1, -0.05) is 6.07 Å². The first-order valence-corrected chi connectivity index (χ1v) is 9.58. The molecule has 0 radical (unpaired) electrons. The van der Waals surface area contributed by atoms with Crippen LogP contribution in [0.5, 0.6) is 5.75 Å². The molecule has 0 aliphatic heterocycles. The molecule has 0 bridgehead atoms. The van der Waals surface area contributed by atoms with Crippen LogP contribution in [0, 0.1) is 12.7 Å². The van der Waals surface area contributed by atoms with Crippen molar-refractivity contribution in [3.8, 4) is 5.75 Å². The van der Waals surface area contributed by atoms with Gasteiger partial charge in [0.05, 0.1) is 11.1 Å². The van der Waals surface area contributed by atoms with Crippen molar-refractivity contribution in [1.29, 1.82) is 0 Å². The predicted octanol–water partition coefficient (Wildman–Crippen LogP) is 4.26. The molecule has 0 aliphatic rings. The zero-order valence-electron chi connectivity index (χ0n) is 15.6. The molecular weight excluding hydrogens is 365 g/mol. The van der Waals surface area contributed by atoms with Gasteiger partial charge >= 0.3 is 0 Å².